The minimum atomic E-state index is 0.753. The highest BCUT2D eigenvalue weighted by Crippen LogP contribution is 2.23. The molecule has 106 valence electrons. The van der Waals surface area contributed by atoms with Crippen LogP contribution < -0.4 is 10.2 Å². The summed E-state index contributed by atoms with van der Waals surface area (Å²) in [5, 5.41) is 3.86. The average Bonchev–Trinajstić information content (AvgIpc) is 2.43. The summed E-state index contributed by atoms with van der Waals surface area (Å²) in [5.74, 6) is 2.57. The number of anilines is 2. The van der Waals surface area contributed by atoms with Crippen molar-refractivity contribution in [1.82, 2.24) is 9.97 Å². The Labute approximate surface area is 124 Å². The molecule has 1 N–H and O–H groups in total. The fourth-order valence-corrected chi connectivity index (χ4v) is 2.29. The van der Waals surface area contributed by atoms with E-state index in [0.717, 1.165) is 34.6 Å². The quantitative estimate of drug-likeness (QED) is 0.937. The van der Waals surface area contributed by atoms with Crippen LogP contribution in [-0.2, 0) is 6.54 Å². The first kappa shape index (κ1) is 14.6. The van der Waals surface area contributed by atoms with E-state index < -0.39 is 0 Å². The fourth-order valence-electron chi connectivity index (χ4n) is 2.17. The summed E-state index contributed by atoms with van der Waals surface area (Å²) in [5.41, 5.74) is 2.24. The number of benzene rings is 1. The highest BCUT2D eigenvalue weighted by Gasteiger charge is 2.12. The Morgan fingerprint density at radius 3 is 2.40 bits per heavy atom. The maximum atomic E-state index is 5.91. The van der Waals surface area contributed by atoms with E-state index in [1.807, 2.05) is 52.2 Å². The first-order chi connectivity index (χ1) is 9.51. The third-order valence-corrected chi connectivity index (χ3v) is 3.42. The fraction of sp³-hybridized carbons (Fsp3) is 0.333. The standard InChI is InChI=1S/C15H19ClN4/c1-10-14(17-3)18-11(2)19-15(10)20(4)9-12-5-7-13(16)8-6-12/h5-8H,9H2,1-4H3,(H,17,18,19). The number of aryl methyl sites for hydroxylation is 1. The Hall–Kier alpha value is -1.81. The third kappa shape index (κ3) is 3.20. The summed E-state index contributed by atoms with van der Waals surface area (Å²) in [6, 6.07) is 7.87. The van der Waals surface area contributed by atoms with E-state index in [4.69, 9.17) is 11.6 Å². The predicted molar refractivity (Wildman–Crippen MR) is 84.6 cm³/mol. The number of nitrogens with one attached hydrogen (secondary N) is 1. The van der Waals surface area contributed by atoms with Crippen molar-refractivity contribution in [2.75, 3.05) is 24.3 Å². The first-order valence-electron chi connectivity index (χ1n) is 6.50. The van der Waals surface area contributed by atoms with Crippen molar-refractivity contribution in [2.45, 2.75) is 20.4 Å². The van der Waals surface area contributed by atoms with E-state index in [0.29, 0.717) is 0 Å². The van der Waals surface area contributed by atoms with Crippen LogP contribution >= 0.6 is 11.6 Å². The van der Waals surface area contributed by atoms with Gasteiger partial charge in [0.2, 0.25) is 0 Å². The Kier molecular flexibility index (Phi) is 4.45. The molecule has 0 radical (unpaired) electrons. The molecule has 20 heavy (non-hydrogen) atoms. The Bertz CT molecular complexity index is 596. The maximum absolute atomic E-state index is 5.91. The van der Waals surface area contributed by atoms with Gasteiger partial charge in [-0.3, -0.25) is 0 Å². The van der Waals surface area contributed by atoms with Gasteiger partial charge in [-0.1, -0.05) is 23.7 Å². The molecule has 0 saturated heterocycles. The number of rotatable bonds is 4. The molecule has 1 aromatic heterocycles. The van der Waals surface area contributed by atoms with Crippen LogP contribution in [0.1, 0.15) is 17.0 Å². The molecule has 0 fully saturated rings. The topological polar surface area (TPSA) is 41.1 Å². The molecule has 0 saturated carbocycles. The molecule has 0 aliphatic rings. The van der Waals surface area contributed by atoms with Gasteiger partial charge in [-0.25, -0.2) is 9.97 Å². The van der Waals surface area contributed by atoms with E-state index in [9.17, 15) is 0 Å². The average molecular weight is 291 g/mol. The smallest absolute Gasteiger partial charge is 0.137 e. The zero-order chi connectivity index (χ0) is 14.7. The summed E-state index contributed by atoms with van der Waals surface area (Å²) in [7, 11) is 3.90. The second-order valence-electron chi connectivity index (χ2n) is 4.80. The van der Waals surface area contributed by atoms with Crippen LogP contribution in [0.3, 0.4) is 0 Å². The number of nitrogens with zero attached hydrogens (tertiary/aromatic N) is 3. The van der Waals surface area contributed by atoms with Crippen LogP contribution in [-0.4, -0.2) is 24.1 Å². The van der Waals surface area contributed by atoms with Crippen molar-refractivity contribution >= 4 is 23.2 Å². The summed E-state index contributed by atoms with van der Waals surface area (Å²) >= 11 is 5.91. The van der Waals surface area contributed by atoms with Crippen LogP contribution in [0.5, 0.6) is 0 Å². The molecule has 0 spiro atoms. The second-order valence-corrected chi connectivity index (χ2v) is 5.24. The summed E-state index contributed by atoms with van der Waals surface area (Å²) in [4.78, 5) is 11.0. The largest absolute Gasteiger partial charge is 0.373 e. The van der Waals surface area contributed by atoms with E-state index in [1.54, 1.807) is 0 Å². The minimum Gasteiger partial charge on any atom is -0.373 e. The van der Waals surface area contributed by atoms with Gasteiger partial charge in [-0.2, -0.15) is 0 Å². The highest BCUT2D eigenvalue weighted by atomic mass is 35.5. The number of hydrogen-bond donors (Lipinski definition) is 1. The third-order valence-electron chi connectivity index (χ3n) is 3.16. The van der Waals surface area contributed by atoms with Crippen molar-refractivity contribution in [2.24, 2.45) is 0 Å². The Balaban J connectivity index is 2.26. The van der Waals surface area contributed by atoms with E-state index in [1.165, 1.54) is 5.56 Å². The molecule has 5 heteroatoms. The number of hydrogen-bond acceptors (Lipinski definition) is 4. The predicted octanol–water partition coefficient (Wildman–Crippen LogP) is 3.42. The van der Waals surface area contributed by atoms with E-state index in [2.05, 4.69) is 20.2 Å². The molecule has 0 aliphatic heterocycles. The normalized spacial score (nSPS) is 10.4. The molecule has 2 rings (SSSR count). The molecule has 1 heterocycles. The van der Waals surface area contributed by atoms with E-state index in [-0.39, 0.29) is 0 Å². The lowest BCUT2D eigenvalue weighted by Gasteiger charge is -2.22. The molecular weight excluding hydrogens is 272 g/mol. The van der Waals surface area contributed by atoms with Gasteiger partial charge >= 0.3 is 0 Å². The zero-order valence-electron chi connectivity index (χ0n) is 12.2. The number of halogens is 1. The molecule has 0 atom stereocenters. The Morgan fingerprint density at radius 2 is 1.80 bits per heavy atom. The molecule has 0 unspecified atom stereocenters. The summed E-state index contributed by atoms with van der Waals surface area (Å²) in [6.07, 6.45) is 0. The van der Waals surface area contributed by atoms with Crippen LogP contribution in [0.4, 0.5) is 11.6 Å². The van der Waals surface area contributed by atoms with Crippen molar-refractivity contribution < 1.29 is 0 Å². The highest BCUT2D eigenvalue weighted by molar-refractivity contribution is 6.30. The molecule has 0 amide bonds. The van der Waals surface area contributed by atoms with Gasteiger partial charge < -0.3 is 10.2 Å². The van der Waals surface area contributed by atoms with Crippen LogP contribution in [0.2, 0.25) is 5.02 Å². The maximum Gasteiger partial charge on any atom is 0.137 e. The second kappa shape index (κ2) is 6.09. The van der Waals surface area contributed by atoms with Gasteiger partial charge in [-0.05, 0) is 31.5 Å². The summed E-state index contributed by atoms with van der Waals surface area (Å²) in [6.45, 7) is 4.70. The van der Waals surface area contributed by atoms with Crippen molar-refractivity contribution in [1.29, 1.82) is 0 Å². The van der Waals surface area contributed by atoms with Gasteiger partial charge in [0.25, 0.3) is 0 Å². The lowest BCUT2D eigenvalue weighted by Crippen LogP contribution is -2.20. The molecule has 0 aliphatic carbocycles. The Morgan fingerprint density at radius 1 is 1.15 bits per heavy atom. The lowest BCUT2D eigenvalue weighted by atomic mass is 10.2. The number of aromatic nitrogens is 2. The van der Waals surface area contributed by atoms with Gasteiger partial charge in [-0.15, -0.1) is 0 Å². The van der Waals surface area contributed by atoms with Crippen LogP contribution in [0.25, 0.3) is 0 Å². The monoisotopic (exact) mass is 290 g/mol. The van der Waals surface area contributed by atoms with Crippen LogP contribution in [0, 0.1) is 13.8 Å². The molecule has 2 aromatic rings. The first-order valence-corrected chi connectivity index (χ1v) is 6.87. The molecule has 4 nitrogen and oxygen atoms in total. The SMILES string of the molecule is CNc1nc(C)nc(N(C)Cc2ccc(Cl)cc2)c1C. The molecular formula is C15H19ClN4. The van der Waals surface area contributed by atoms with Crippen LogP contribution in [0.15, 0.2) is 24.3 Å². The van der Waals surface area contributed by atoms with Crippen molar-refractivity contribution in [3.63, 3.8) is 0 Å². The van der Waals surface area contributed by atoms with Crippen molar-refractivity contribution in [3.8, 4) is 0 Å². The molecule has 1 aromatic carbocycles. The lowest BCUT2D eigenvalue weighted by molar-refractivity contribution is 0.871. The van der Waals surface area contributed by atoms with Gasteiger partial charge in [0.05, 0.1) is 0 Å². The van der Waals surface area contributed by atoms with Crippen molar-refractivity contribution in [3.05, 3.63) is 46.2 Å². The van der Waals surface area contributed by atoms with Gasteiger partial charge in [0.15, 0.2) is 0 Å². The van der Waals surface area contributed by atoms with E-state index >= 15 is 0 Å². The molecule has 0 bridgehead atoms. The van der Waals surface area contributed by atoms with Gasteiger partial charge in [0.1, 0.15) is 17.5 Å². The van der Waals surface area contributed by atoms with Gasteiger partial charge in [0, 0.05) is 31.2 Å². The zero-order valence-corrected chi connectivity index (χ0v) is 13.0. The summed E-state index contributed by atoms with van der Waals surface area (Å²) < 4.78 is 0. The minimum absolute atomic E-state index is 0.753.